The van der Waals surface area contributed by atoms with E-state index < -0.39 is 0 Å². The van der Waals surface area contributed by atoms with Crippen LogP contribution in [0.2, 0.25) is 0 Å². The molecule has 3 nitrogen and oxygen atoms in total. The van der Waals surface area contributed by atoms with Crippen LogP contribution in [0.4, 0.5) is 0 Å². The van der Waals surface area contributed by atoms with Crippen molar-refractivity contribution in [2.45, 2.75) is 6.92 Å². The molecule has 0 radical (unpaired) electrons. The van der Waals surface area contributed by atoms with Crippen molar-refractivity contribution in [2.24, 2.45) is 0 Å². The standard InChI is InChI=1S/C13H12O3/c1-2-16-13(15)8-7-11-3-5-12(6-4-11)9-10-14/h3-9H,2H2,1H3/b8-7+. The summed E-state index contributed by atoms with van der Waals surface area (Å²) < 4.78 is 4.74. The van der Waals surface area contributed by atoms with Gasteiger partial charge in [0.25, 0.3) is 0 Å². The van der Waals surface area contributed by atoms with Gasteiger partial charge in [-0.15, -0.1) is 0 Å². The summed E-state index contributed by atoms with van der Waals surface area (Å²) in [5, 5.41) is 0. The Morgan fingerprint density at radius 2 is 1.94 bits per heavy atom. The van der Waals surface area contributed by atoms with Crippen LogP contribution in [0, 0.1) is 0 Å². The lowest BCUT2D eigenvalue weighted by Crippen LogP contribution is -1.98. The number of hydrogen-bond donors (Lipinski definition) is 0. The van der Waals surface area contributed by atoms with Crippen LogP contribution in [0.1, 0.15) is 18.1 Å². The van der Waals surface area contributed by atoms with E-state index in [1.54, 1.807) is 43.2 Å². The molecular weight excluding hydrogens is 204 g/mol. The second-order valence-electron chi connectivity index (χ2n) is 3.01. The molecule has 0 amide bonds. The summed E-state index contributed by atoms with van der Waals surface area (Å²) in [5.74, 6) is 1.34. The van der Waals surface area contributed by atoms with Crippen LogP contribution in [0.25, 0.3) is 12.2 Å². The number of carbonyl (C=O) groups is 1. The van der Waals surface area contributed by atoms with E-state index in [4.69, 9.17) is 4.74 Å². The Morgan fingerprint density at radius 3 is 2.50 bits per heavy atom. The Labute approximate surface area is 94.0 Å². The van der Waals surface area contributed by atoms with Gasteiger partial charge in [-0.25, -0.2) is 9.59 Å². The minimum atomic E-state index is -0.362. The van der Waals surface area contributed by atoms with Crippen LogP contribution in [0.5, 0.6) is 0 Å². The summed E-state index contributed by atoms with van der Waals surface area (Å²) in [6.07, 6.45) is 4.37. The number of esters is 1. The number of ether oxygens (including phenoxy) is 1. The summed E-state index contributed by atoms with van der Waals surface area (Å²) >= 11 is 0. The van der Waals surface area contributed by atoms with Crippen LogP contribution >= 0.6 is 0 Å². The molecule has 0 aliphatic carbocycles. The first-order chi connectivity index (χ1) is 7.76. The fourth-order valence-electron chi connectivity index (χ4n) is 1.13. The average Bonchev–Trinajstić information content (AvgIpc) is 2.29. The van der Waals surface area contributed by atoms with Gasteiger partial charge in [0, 0.05) is 12.2 Å². The highest BCUT2D eigenvalue weighted by atomic mass is 16.5. The Kier molecular flexibility index (Phi) is 4.77. The van der Waals surface area contributed by atoms with E-state index in [-0.39, 0.29) is 5.97 Å². The molecular formula is C13H12O3. The zero-order valence-corrected chi connectivity index (χ0v) is 8.97. The summed E-state index contributed by atoms with van der Waals surface area (Å²) in [4.78, 5) is 21.1. The van der Waals surface area contributed by atoms with Gasteiger partial charge in [-0.3, -0.25) is 0 Å². The van der Waals surface area contributed by atoms with Crippen molar-refractivity contribution < 1.29 is 14.3 Å². The molecule has 0 saturated heterocycles. The van der Waals surface area contributed by atoms with Crippen LogP contribution in [-0.4, -0.2) is 18.5 Å². The molecule has 1 aromatic carbocycles. The molecule has 0 N–H and O–H groups in total. The highest BCUT2D eigenvalue weighted by Crippen LogP contribution is 2.06. The first kappa shape index (κ1) is 12.0. The van der Waals surface area contributed by atoms with Crippen molar-refractivity contribution in [3.63, 3.8) is 0 Å². The maximum atomic E-state index is 11.0. The molecule has 3 heteroatoms. The third-order valence-corrected chi connectivity index (χ3v) is 1.86. The second kappa shape index (κ2) is 6.38. The van der Waals surface area contributed by atoms with Gasteiger partial charge in [0.05, 0.1) is 6.61 Å². The van der Waals surface area contributed by atoms with E-state index >= 15 is 0 Å². The Morgan fingerprint density at radius 1 is 1.31 bits per heavy atom. The van der Waals surface area contributed by atoms with Crippen LogP contribution in [-0.2, 0) is 14.3 Å². The number of rotatable bonds is 4. The van der Waals surface area contributed by atoms with Gasteiger partial charge in [-0.2, -0.15) is 0 Å². The molecule has 0 aliphatic rings. The molecule has 0 unspecified atom stereocenters. The van der Waals surface area contributed by atoms with Gasteiger partial charge in [0.2, 0.25) is 0 Å². The lowest BCUT2D eigenvalue weighted by molar-refractivity contribution is -0.137. The molecule has 0 atom stereocenters. The van der Waals surface area contributed by atoms with E-state index in [1.165, 1.54) is 12.2 Å². The van der Waals surface area contributed by atoms with E-state index in [0.717, 1.165) is 11.1 Å². The number of benzene rings is 1. The van der Waals surface area contributed by atoms with E-state index in [1.807, 2.05) is 0 Å². The highest BCUT2D eigenvalue weighted by Gasteiger charge is 1.93. The van der Waals surface area contributed by atoms with Gasteiger partial charge < -0.3 is 4.74 Å². The fourth-order valence-corrected chi connectivity index (χ4v) is 1.13. The average molecular weight is 216 g/mol. The fraction of sp³-hybridized carbons (Fsp3) is 0.154. The zero-order valence-electron chi connectivity index (χ0n) is 8.97. The smallest absolute Gasteiger partial charge is 0.330 e. The van der Waals surface area contributed by atoms with Crippen molar-refractivity contribution in [2.75, 3.05) is 6.61 Å². The van der Waals surface area contributed by atoms with Crippen molar-refractivity contribution in [3.05, 3.63) is 41.5 Å². The van der Waals surface area contributed by atoms with Crippen molar-refractivity contribution in [1.29, 1.82) is 0 Å². The van der Waals surface area contributed by atoms with E-state index in [9.17, 15) is 9.59 Å². The largest absolute Gasteiger partial charge is 0.463 e. The monoisotopic (exact) mass is 216 g/mol. The maximum Gasteiger partial charge on any atom is 0.330 e. The number of hydrogen-bond acceptors (Lipinski definition) is 3. The zero-order chi connectivity index (χ0) is 11.8. The molecule has 82 valence electrons. The predicted molar refractivity (Wildman–Crippen MR) is 62.3 cm³/mol. The van der Waals surface area contributed by atoms with E-state index in [2.05, 4.69) is 0 Å². The molecule has 0 bridgehead atoms. The van der Waals surface area contributed by atoms with Crippen LogP contribution in [0.15, 0.2) is 30.3 Å². The lowest BCUT2D eigenvalue weighted by Gasteiger charge is -1.96. The van der Waals surface area contributed by atoms with Crippen LogP contribution in [0.3, 0.4) is 0 Å². The van der Waals surface area contributed by atoms with Crippen molar-refractivity contribution >= 4 is 24.1 Å². The topological polar surface area (TPSA) is 43.4 Å². The SMILES string of the molecule is CCOC(=O)/C=C/c1ccc(C=C=O)cc1. The third-order valence-electron chi connectivity index (χ3n) is 1.86. The summed E-state index contributed by atoms with van der Waals surface area (Å²) in [7, 11) is 0. The molecule has 0 fully saturated rings. The molecule has 1 rings (SSSR count). The van der Waals surface area contributed by atoms with Crippen LogP contribution < -0.4 is 0 Å². The quantitative estimate of drug-likeness (QED) is 0.440. The van der Waals surface area contributed by atoms with Gasteiger partial charge in [-0.05, 0) is 24.1 Å². The Hall–Kier alpha value is -2.12. The Balaban J connectivity index is 2.68. The second-order valence-corrected chi connectivity index (χ2v) is 3.01. The maximum absolute atomic E-state index is 11.0. The predicted octanol–water partition coefficient (Wildman–Crippen LogP) is 2.11. The molecule has 1 aromatic rings. The molecule has 16 heavy (non-hydrogen) atoms. The highest BCUT2D eigenvalue weighted by molar-refractivity contribution is 5.87. The van der Waals surface area contributed by atoms with Gasteiger partial charge in [0.1, 0.15) is 5.94 Å². The molecule has 0 aliphatic heterocycles. The lowest BCUT2D eigenvalue weighted by atomic mass is 10.1. The van der Waals surface area contributed by atoms with Gasteiger partial charge >= 0.3 is 5.97 Å². The molecule has 0 heterocycles. The summed E-state index contributed by atoms with van der Waals surface area (Å²) in [5.41, 5.74) is 1.65. The normalized spacial score (nSPS) is 9.81. The van der Waals surface area contributed by atoms with Gasteiger partial charge in [0.15, 0.2) is 0 Å². The summed E-state index contributed by atoms with van der Waals surface area (Å²) in [6.45, 7) is 2.12. The minimum absolute atomic E-state index is 0.362. The first-order valence-corrected chi connectivity index (χ1v) is 4.92. The molecule has 0 spiro atoms. The van der Waals surface area contributed by atoms with Gasteiger partial charge in [-0.1, -0.05) is 24.3 Å². The number of carbonyl (C=O) groups excluding carboxylic acids is 2. The molecule has 0 saturated carbocycles. The summed E-state index contributed by atoms with van der Waals surface area (Å²) in [6, 6.07) is 7.16. The molecule has 0 aromatic heterocycles. The third kappa shape index (κ3) is 3.95. The Bertz CT molecular complexity index is 423. The van der Waals surface area contributed by atoms with Crippen molar-refractivity contribution in [3.8, 4) is 0 Å². The first-order valence-electron chi connectivity index (χ1n) is 4.92. The van der Waals surface area contributed by atoms with Crippen molar-refractivity contribution in [1.82, 2.24) is 0 Å². The minimum Gasteiger partial charge on any atom is -0.463 e. The van der Waals surface area contributed by atoms with E-state index in [0.29, 0.717) is 6.61 Å².